The third kappa shape index (κ3) is 1.37. The first-order valence-corrected chi connectivity index (χ1v) is 5.07. The van der Waals surface area contributed by atoms with Crippen LogP contribution in [0.3, 0.4) is 0 Å². The summed E-state index contributed by atoms with van der Waals surface area (Å²) in [6.07, 6.45) is 5.94. The van der Waals surface area contributed by atoms with Crippen LogP contribution in [0.4, 0.5) is 0 Å². The molecule has 2 fully saturated rings. The molecule has 0 amide bonds. The first-order valence-electron chi connectivity index (χ1n) is 5.07. The van der Waals surface area contributed by atoms with Gasteiger partial charge in [-0.25, -0.2) is 0 Å². The van der Waals surface area contributed by atoms with Gasteiger partial charge in [-0.15, -0.1) is 0 Å². The van der Waals surface area contributed by atoms with Crippen LogP contribution in [0.2, 0.25) is 0 Å². The van der Waals surface area contributed by atoms with Crippen molar-refractivity contribution in [3.63, 3.8) is 0 Å². The summed E-state index contributed by atoms with van der Waals surface area (Å²) in [7, 11) is 0. The lowest BCUT2D eigenvalue weighted by atomic mass is 10.1. The van der Waals surface area contributed by atoms with Crippen molar-refractivity contribution >= 4 is 0 Å². The van der Waals surface area contributed by atoms with Crippen molar-refractivity contribution in [1.82, 2.24) is 10.1 Å². The van der Waals surface area contributed by atoms with Gasteiger partial charge in [-0.1, -0.05) is 5.16 Å². The van der Waals surface area contributed by atoms with Gasteiger partial charge in [0.15, 0.2) is 5.76 Å². The summed E-state index contributed by atoms with van der Waals surface area (Å²) >= 11 is 0. The van der Waals surface area contributed by atoms with Gasteiger partial charge >= 0.3 is 0 Å². The molecule has 0 radical (unpaired) electrons. The van der Waals surface area contributed by atoms with Crippen LogP contribution in [0.1, 0.15) is 25.0 Å². The third-order valence-electron chi connectivity index (χ3n) is 3.22. The minimum Gasteiger partial charge on any atom is -0.360 e. The average Bonchev–Trinajstić information content (AvgIpc) is 2.77. The zero-order valence-electron chi connectivity index (χ0n) is 7.65. The second-order valence-corrected chi connectivity index (χ2v) is 4.15. The number of hydrogen-bond donors (Lipinski definition) is 0. The van der Waals surface area contributed by atoms with Crippen molar-refractivity contribution < 1.29 is 4.52 Å². The number of aromatic nitrogens is 1. The number of rotatable bonds is 2. The van der Waals surface area contributed by atoms with Gasteiger partial charge in [0.1, 0.15) is 0 Å². The summed E-state index contributed by atoms with van der Waals surface area (Å²) in [4.78, 5) is 2.54. The second-order valence-electron chi connectivity index (χ2n) is 4.15. The van der Waals surface area contributed by atoms with E-state index in [2.05, 4.69) is 10.1 Å². The van der Waals surface area contributed by atoms with Crippen LogP contribution in [0, 0.1) is 5.92 Å². The van der Waals surface area contributed by atoms with Crippen molar-refractivity contribution in [1.29, 1.82) is 0 Å². The molecule has 1 saturated heterocycles. The molecule has 0 spiro atoms. The lowest BCUT2D eigenvalue weighted by molar-refractivity contribution is 0.185. The van der Waals surface area contributed by atoms with Gasteiger partial charge in [0.2, 0.25) is 0 Å². The number of nitrogens with zero attached hydrogens (tertiary/aromatic N) is 2. The first kappa shape index (κ1) is 7.56. The van der Waals surface area contributed by atoms with Crippen LogP contribution < -0.4 is 0 Å². The predicted molar refractivity (Wildman–Crippen MR) is 48.0 cm³/mol. The van der Waals surface area contributed by atoms with Crippen molar-refractivity contribution in [2.75, 3.05) is 6.54 Å². The molecule has 2 unspecified atom stereocenters. The highest BCUT2D eigenvalue weighted by molar-refractivity contribution is 5.01. The minimum atomic E-state index is 0.860. The van der Waals surface area contributed by atoms with E-state index in [4.69, 9.17) is 4.52 Å². The van der Waals surface area contributed by atoms with E-state index in [0.29, 0.717) is 0 Å². The molecule has 1 aliphatic carbocycles. The van der Waals surface area contributed by atoms with Crippen molar-refractivity contribution in [2.24, 2.45) is 5.92 Å². The van der Waals surface area contributed by atoms with E-state index >= 15 is 0 Å². The standard InChI is InChI=1S/C10H14N2O/c1-2-8-6-10(8)12(5-1)7-9-3-4-11-13-9/h3-4,8,10H,1-2,5-7H2. The molecular formula is C10H14N2O. The zero-order chi connectivity index (χ0) is 8.67. The van der Waals surface area contributed by atoms with Crippen molar-refractivity contribution in [2.45, 2.75) is 31.8 Å². The van der Waals surface area contributed by atoms with Gasteiger partial charge in [-0.2, -0.15) is 0 Å². The van der Waals surface area contributed by atoms with Crippen LogP contribution in [0.15, 0.2) is 16.8 Å². The Labute approximate surface area is 77.7 Å². The molecule has 1 aliphatic heterocycles. The van der Waals surface area contributed by atoms with Crippen LogP contribution in [0.25, 0.3) is 0 Å². The molecule has 70 valence electrons. The van der Waals surface area contributed by atoms with Crippen molar-refractivity contribution in [3.8, 4) is 0 Å². The Morgan fingerprint density at radius 2 is 2.62 bits per heavy atom. The highest BCUT2D eigenvalue weighted by atomic mass is 16.5. The Morgan fingerprint density at radius 1 is 1.62 bits per heavy atom. The largest absolute Gasteiger partial charge is 0.360 e. The van der Waals surface area contributed by atoms with E-state index in [1.54, 1.807) is 6.20 Å². The fourth-order valence-electron chi connectivity index (χ4n) is 2.43. The van der Waals surface area contributed by atoms with E-state index in [9.17, 15) is 0 Å². The topological polar surface area (TPSA) is 29.3 Å². The van der Waals surface area contributed by atoms with E-state index < -0.39 is 0 Å². The number of piperidine rings is 1. The maximum atomic E-state index is 5.11. The number of likely N-dealkylation sites (tertiary alicyclic amines) is 1. The molecule has 2 atom stereocenters. The van der Waals surface area contributed by atoms with Crippen LogP contribution in [-0.2, 0) is 6.54 Å². The summed E-state index contributed by atoms with van der Waals surface area (Å²) in [6.45, 7) is 2.20. The minimum absolute atomic E-state index is 0.860. The van der Waals surface area contributed by atoms with Gasteiger partial charge in [0, 0.05) is 12.1 Å². The molecule has 0 N–H and O–H groups in total. The highest BCUT2D eigenvalue weighted by Crippen LogP contribution is 2.43. The summed E-state index contributed by atoms with van der Waals surface area (Å²) in [5.74, 6) is 2.00. The lowest BCUT2D eigenvalue weighted by Crippen LogP contribution is -2.30. The van der Waals surface area contributed by atoms with Crippen molar-refractivity contribution in [3.05, 3.63) is 18.0 Å². The Bertz CT molecular complexity index is 283. The van der Waals surface area contributed by atoms with Gasteiger partial charge in [0.05, 0.1) is 12.7 Å². The third-order valence-corrected chi connectivity index (χ3v) is 3.22. The smallest absolute Gasteiger partial charge is 0.150 e. The second kappa shape index (κ2) is 2.84. The van der Waals surface area contributed by atoms with Gasteiger partial charge < -0.3 is 4.52 Å². The molecule has 2 heterocycles. The Hall–Kier alpha value is -0.830. The van der Waals surface area contributed by atoms with E-state index in [1.165, 1.54) is 25.8 Å². The monoisotopic (exact) mass is 178 g/mol. The molecule has 1 saturated carbocycles. The van der Waals surface area contributed by atoms with Gasteiger partial charge in [-0.05, 0) is 31.7 Å². The lowest BCUT2D eigenvalue weighted by Gasteiger charge is -2.24. The van der Waals surface area contributed by atoms with E-state index in [-0.39, 0.29) is 0 Å². The Balaban J connectivity index is 1.66. The maximum Gasteiger partial charge on any atom is 0.150 e. The van der Waals surface area contributed by atoms with Gasteiger partial charge in [0.25, 0.3) is 0 Å². The molecule has 2 aliphatic rings. The fourth-order valence-corrected chi connectivity index (χ4v) is 2.43. The SMILES string of the molecule is c1cc(CN2CCCC3CC32)on1. The van der Waals surface area contributed by atoms with Crippen LogP contribution in [-0.4, -0.2) is 22.6 Å². The van der Waals surface area contributed by atoms with E-state index in [1.807, 2.05) is 6.07 Å². The average molecular weight is 178 g/mol. The number of fused-ring (bicyclic) bond motifs is 1. The molecule has 1 aromatic heterocycles. The maximum absolute atomic E-state index is 5.11. The Morgan fingerprint density at radius 3 is 3.46 bits per heavy atom. The fraction of sp³-hybridized carbons (Fsp3) is 0.700. The molecule has 3 heteroatoms. The molecule has 0 bridgehead atoms. The summed E-state index contributed by atoms with van der Waals surface area (Å²) in [5, 5.41) is 3.72. The molecule has 13 heavy (non-hydrogen) atoms. The summed E-state index contributed by atoms with van der Waals surface area (Å²) in [5.41, 5.74) is 0. The highest BCUT2D eigenvalue weighted by Gasteiger charge is 2.43. The Kier molecular flexibility index (Phi) is 1.65. The van der Waals surface area contributed by atoms with Crippen LogP contribution in [0.5, 0.6) is 0 Å². The quantitative estimate of drug-likeness (QED) is 0.689. The summed E-state index contributed by atoms with van der Waals surface area (Å²) in [6, 6.07) is 2.82. The molecule has 3 rings (SSSR count). The number of hydrogen-bond acceptors (Lipinski definition) is 3. The van der Waals surface area contributed by atoms with Gasteiger partial charge in [-0.3, -0.25) is 4.90 Å². The summed E-state index contributed by atoms with van der Waals surface area (Å²) < 4.78 is 5.11. The molecular weight excluding hydrogens is 164 g/mol. The zero-order valence-corrected chi connectivity index (χ0v) is 7.65. The molecule has 3 nitrogen and oxygen atoms in total. The van der Waals surface area contributed by atoms with Crippen LogP contribution >= 0.6 is 0 Å². The predicted octanol–water partition coefficient (Wildman–Crippen LogP) is 1.66. The first-order chi connectivity index (χ1) is 6.43. The molecule has 0 aromatic carbocycles. The van der Waals surface area contributed by atoms with E-state index in [0.717, 1.165) is 24.3 Å². The normalized spacial score (nSPS) is 32.9. The molecule has 1 aromatic rings.